The van der Waals surface area contributed by atoms with Gasteiger partial charge in [-0.3, -0.25) is 9.59 Å². The van der Waals surface area contributed by atoms with E-state index in [1.54, 1.807) is 16.7 Å². The molecule has 0 bridgehead atoms. The lowest BCUT2D eigenvalue weighted by atomic mass is 9.78. The lowest BCUT2D eigenvalue weighted by Gasteiger charge is -2.35. The van der Waals surface area contributed by atoms with Crippen LogP contribution < -0.4 is 10.3 Å². The highest BCUT2D eigenvalue weighted by Gasteiger charge is 2.44. The average Bonchev–Trinajstić information content (AvgIpc) is 3.13. The zero-order valence-electron chi connectivity index (χ0n) is 16.0. The fourth-order valence-electron chi connectivity index (χ4n) is 4.27. The second kappa shape index (κ2) is 8.42. The molecular weight excluding hydrogens is 412 g/mol. The van der Waals surface area contributed by atoms with Crippen LogP contribution in [0.3, 0.4) is 0 Å². The highest BCUT2D eigenvalue weighted by Crippen LogP contribution is 2.38. The van der Waals surface area contributed by atoms with Crippen LogP contribution in [0.15, 0.2) is 46.2 Å². The first-order chi connectivity index (χ1) is 13.9. The first-order valence-electron chi connectivity index (χ1n) is 9.61. The van der Waals surface area contributed by atoms with Crippen LogP contribution in [0.25, 0.3) is 0 Å². The smallest absolute Gasteiger partial charge is 0.266 e. The molecule has 2 N–H and O–H groups in total. The molecule has 1 aromatic heterocycles. The third kappa shape index (κ3) is 4.32. The number of benzene rings is 1. The van der Waals surface area contributed by atoms with Crippen molar-refractivity contribution in [2.45, 2.75) is 29.9 Å². The Morgan fingerprint density at radius 1 is 1.24 bits per heavy atom. The summed E-state index contributed by atoms with van der Waals surface area (Å²) in [5, 5.41) is 10.6. The number of rotatable bonds is 4. The Morgan fingerprint density at radius 3 is 2.59 bits per heavy atom. The Balaban J connectivity index is 1.42. The molecule has 2 heterocycles. The van der Waals surface area contributed by atoms with Gasteiger partial charge in [-0.2, -0.15) is 0 Å². The molecule has 0 unspecified atom stereocenters. The number of aliphatic hydroxyl groups excluding tert-OH is 1. The third-order valence-electron chi connectivity index (χ3n) is 5.82. The molecule has 1 aliphatic heterocycles. The second-order valence-corrected chi connectivity index (χ2v) is 8.95. The summed E-state index contributed by atoms with van der Waals surface area (Å²) in [6.45, 7) is 1.20. The molecule has 2 aromatic rings. The predicted octanol–water partition coefficient (Wildman–Crippen LogP) is 3.04. The summed E-state index contributed by atoms with van der Waals surface area (Å²) in [6.07, 6.45) is 3.88. The van der Waals surface area contributed by atoms with E-state index in [1.165, 1.54) is 12.3 Å². The molecule has 4 atom stereocenters. The van der Waals surface area contributed by atoms with E-state index in [4.69, 9.17) is 16.3 Å². The first kappa shape index (κ1) is 20.3. The molecule has 4 rings (SSSR count). The molecule has 1 aromatic carbocycles. The van der Waals surface area contributed by atoms with Gasteiger partial charge in [-0.15, -0.1) is 11.8 Å². The number of ether oxygens (including phenoxy) is 1. The van der Waals surface area contributed by atoms with Gasteiger partial charge in [-0.1, -0.05) is 11.6 Å². The maximum Gasteiger partial charge on any atom is 0.266 e. The normalized spacial score (nSPS) is 26.2. The number of fused-ring (bicyclic) bond motifs is 1. The Bertz CT molecular complexity index is 948. The molecule has 1 saturated heterocycles. The van der Waals surface area contributed by atoms with Gasteiger partial charge < -0.3 is 19.7 Å². The summed E-state index contributed by atoms with van der Waals surface area (Å²) in [5.74, 6) is 1.11. The lowest BCUT2D eigenvalue weighted by Crippen LogP contribution is -2.42. The standard InChI is InChI=1S/C21H23ClN2O4S/c1-29-16-4-2-15(3-5-16)28-19-8-14-11-24(10-13(14)7-18(19)25)21(27)12-6-17(22)20(26)23-9-12/h2-6,9,13-14,18-19,25H,7-8,10-11H2,1H3,(H,23,26)/t13-,14+,18+,19+/m0/s1. The molecule has 6 nitrogen and oxygen atoms in total. The number of hydrogen-bond acceptors (Lipinski definition) is 5. The maximum atomic E-state index is 12.8. The number of thioether (sulfide) groups is 1. The molecule has 154 valence electrons. The van der Waals surface area contributed by atoms with Crippen LogP contribution in [0, 0.1) is 11.8 Å². The van der Waals surface area contributed by atoms with Gasteiger partial charge in [-0.25, -0.2) is 0 Å². The van der Waals surface area contributed by atoms with Gasteiger partial charge >= 0.3 is 0 Å². The monoisotopic (exact) mass is 434 g/mol. The van der Waals surface area contributed by atoms with Gasteiger partial charge in [-0.05, 0) is 61.3 Å². The number of carbonyl (C=O) groups is 1. The quantitative estimate of drug-likeness (QED) is 0.723. The maximum absolute atomic E-state index is 12.8. The summed E-state index contributed by atoms with van der Waals surface area (Å²) < 4.78 is 6.06. The van der Waals surface area contributed by atoms with Crippen LogP contribution in [0.5, 0.6) is 5.75 Å². The van der Waals surface area contributed by atoms with Gasteiger partial charge in [0.1, 0.15) is 16.9 Å². The summed E-state index contributed by atoms with van der Waals surface area (Å²) in [7, 11) is 0. The molecule has 1 saturated carbocycles. The number of aromatic nitrogens is 1. The number of halogens is 1. The van der Waals surface area contributed by atoms with Crippen molar-refractivity contribution < 1.29 is 14.6 Å². The minimum atomic E-state index is -0.561. The van der Waals surface area contributed by atoms with E-state index in [1.807, 2.05) is 30.5 Å². The summed E-state index contributed by atoms with van der Waals surface area (Å²) in [5.41, 5.74) is -0.0394. The zero-order valence-corrected chi connectivity index (χ0v) is 17.6. The van der Waals surface area contributed by atoms with Crippen LogP contribution in [-0.4, -0.2) is 52.5 Å². The summed E-state index contributed by atoms with van der Waals surface area (Å²) >= 11 is 7.52. The van der Waals surface area contributed by atoms with E-state index in [0.717, 1.165) is 10.6 Å². The Hall–Kier alpha value is -1.96. The van der Waals surface area contributed by atoms with Crippen molar-refractivity contribution in [1.82, 2.24) is 9.88 Å². The number of nitrogens with zero attached hydrogens (tertiary/aromatic N) is 1. The van der Waals surface area contributed by atoms with Gasteiger partial charge in [0.25, 0.3) is 11.5 Å². The van der Waals surface area contributed by atoms with E-state index >= 15 is 0 Å². The highest BCUT2D eigenvalue weighted by molar-refractivity contribution is 7.98. The highest BCUT2D eigenvalue weighted by atomic mass is 35.5. The number of aromatic amines is 1. The zero-order chi connectivity index (χ0) is 20.5. The summed E-state index contributed by atoms with van der Waals surface area (Å²) in [4.78, 5) is 29.7. The van der Waals surface area contributed by atoms with E-state index < -0.39 is 11.7 Å². The van der Waals surface area contributed by atoms with Crippen molar-refractivity contribution in [2.24, 2.45) is 11.8 Å². The fourth-order valence-corrected chi connectivity index (χ4v) is 4.85. The number of carbonyl (C=O) groups excluding carboxylic acids is 1. The van der Waals surface area contributed by atoms with Crippen molar-refractivity contribution >= 4 is 29.3 Å². The van der Waals surface area contributed by atoms with Crippen molar-refractivity contribution in [2.75, 3.05) is 19.3 Å². The number of hydrogen-bond donors (Lipinski definition) is 2. The average molecular weight is 435 g/mol. The van der Waals surface area contributed by atoms with Crippen molar-refractivity contribution in [3.05, 3.63) is 57.5 Å². The van der Waals surface area contributed by atoms with Crippen LogP contribution in [0.4, 0.5) is 0 Å². The fraction of sp³-hybridized carbons (Fsp3) is 0.429. The molecule has 1 amide bonds. The lowest BCUT2D eigenvalue weighted by molar-refractivity contribution is -0.0231. The SMILES string of the molecule is CSc1ccc(O[C@@H]2C[C@@H]3CN(C(=O)c4c[nH]c(=O)c(Cl)c4)C[C@@H]3C[C@H]2O)cc1. The number of H-pyrrole nitrogens is 1. The van der Waals surface area contributed by atoms with E-state index in [0.29, 0.717) is 31.5 Å². The van der Waals surface area contributed by atoms with E-state index in [2.05, 4.69) is 4.98 Å². The van der Waals surface area contributed by atoms with Crippen molar-refractivity contribution in [3.8, 4) is 5.75 Å². The van der Waals surface area contributed by atoms with Crippen molar-refractivity contribution in [3.63, 3.8) is 0 Å². The Morgan fingerprint density at radius 2 is 1.93 bits per heavy atom. The van der Waals surface area contributed by atoms with E-state index in [9.17, 15) is 14.7 Å². The van der Waals surface area contributed by atoms with Crippen LogP contribution >= 0.6 is 23.4 Å². The van der Waals surface area contributed by atoms with Gasteiger partial charge in [0.2, 0.25) is 0 Å². The molecule has 1 aliphatic carbocycles. The molecule has 0 spiro atoms. The summed E-state index contributed by atoms with van der Waals surface area (Å²) in [6, 6.07) is 9.26. The largest absolute Gasteiger partial charge is 0.488 e. The number of aliphatic hydroxyl groups is 1. The molecule has 2 aliphatic rings. The Kier molecular flexibility index (Phi) is 5.90. The minimum absolute atomic E-state index is 0.00356. The number of pyridine rings is 1. The van der Waals surface area contributed by atoms with Gasteiger partial charge in [0.15, 0.2) is 0 Å². The molecule has 29 heavy (non-hydrogen) atoms. The minimum Gasteiger partial charge on any atom is -0.488 e. The topological polar surface area (TPSA) is 82.6 Å². The van der Waals surface area contributed by atoms with Gasteiger partial charge in [0.05, 0.1) is 11.7 Å². The van der Waals surface area contributed by atoms with Crippen LogP contribution in [0.2, 0.25) is 5.02 Å². The third-order valence-corrected chi connectivity index (χ3v) is 6.85. The van der Waals surface area contributed by atoms with Crippen LogP contribution in [-0.2, 0) is 0 Å². The number of nitrogens with one attached hydrogen (secondary N) is 1. The predicted molar refractivity (Wildman–Crippen MR) is 113 cm³/mol. The van der Waals surface area contributed by atoms with E-state index in [-0.39, 0.29) is 28.9 Å². The second-order valence-electron chi connectivity index (χ2n) is 7.67. The van der Waals surface area contributed by atoms with Gasteiger partial charge in [0, 0.05) is 24.2 Å². The molecule has 8 heteroatoms. The number of amides is 1. The van der Waals surface area contributed by atoms with Crippen molar-refractivity contribution in [1.29, 1.82) is 0 Å². The molecule has 2 fully saturated rings. The van der Waals surface area contributed by atoms with Crippen LogP contribution in [0.1, 0.15) is 23.2 Å². The molecule has 0 radical (unpaired) electrons. The first-order valence-corrected chi connectivity index (χ1v) is 11.2. The number of likely N-dealkylation sites (tertiary alicyclic amines) is 1. The molecular formula is C21H23ClN2O4S. The Labute approximate surface area is 178 Å².